The minimum Gasteiger partial charge on any atom is -0.484 e. The molecule has 1 aliphatic rings. The van der Waals surface area contributed by atoms with Gasteiger partial charge in [0.1, 0.15) is 5.75 Å². The van der Waals surface area contributed by atoms with Gasteiger partial charge in [-0.15, -0.1) is 0 Å². The van der Waals surface area contributed by atoms with E-state index in [4.69, 9.17) is 9.84 Å². The van der Waals surface area contributed by atoms with Gasteiger partial charge in [-0.3, -0.25) is 9.59 Å². The van der Waals surface area contributed by atoms with Gasteiger partial charge in [-0.1, -0.05) is 28.8 Å². The normalized spacial score (nSPS) is 21.6. The first-order valence-electron chi connectivity index (χ1n) is 6.97. The van der Waals surface area contributed by atoms with Crippen LogP contribution in [0.25, 0.3) is 0 Å². The Morgan fingerprint density at radius 3 is 2.57 bits per heavy atom. The lowest BCUT2D eigenvalue weighted by atomic mass is 9.84. The van der Waals surface area contributed by atoms with Crippen molar-refractivity contribution in [1.82, 2.24) is 5.32 Å². The Morgan fingerprint density at radius 1 is 1.24 bits per heavy atom. The second kappa shape index (κ2) is 7.45. The fourth-order valence-electron chi connectivity index (χ4n) is 2.53. The molecule has 1 aromatic carbocycles. The number of hydrogen-bond acceptors (Lipinski definition) is 3. The molecular weight excluding hydrogens is 338 g/mol. The van der Waals surface area contributed by atoms with Gasteiger partial charge in [0, 0.05) is 10.5 Å². The average Bonchev–Trinajstić information content (AvgIpc) is 2.47. The molecule has 1 aliphatic carbocycles. The van der Waals surface area contributed by atoms with Gasteiger partial charge < -0.3 is 15.2 Å². The van der Waals surface area contributed by atoms with Crippen molar-refractivity contribution in [3.05, 3.63) is 28.7 Å². The first-order chi connectivity index (χ1) is 10.1. The van der Waals surface area contributed by atoms with Crippen molar-refractivity contribution in [3.63, 3.8) is 0 Å². The zero-order valence-corrected chi connectivity index (χ0v) is 13.1. The minimum atomic E-state index is -0.839. The van der Waals surface area contributed by atoms with E-state index in [-0.39, 0.29) is 18.6 Å². The van der Waals surface area contributed by atoms with Crippen LogP contribution in [0, 0.1) is 5.92 Å². The first-order valence-corrected chi connectivity index (χ1v) is 7.76. The molecule has 21 heavy (non-hydrogen) atoms. The largest absolute Gasteiger partial charge is 0.484 e. The third kappa shape index (κ3) is 4.74. The molecule has 0 spiro atoms. The van der Waals surface area contributed by atoms with Gasteiger partial charge >= 0.3 is 5.97 Å². The summed E-state index contributed by atoms with van der Waals surface area (Å²) in [5, 5.41) is 11.9. The topological polar surface area (TPSA) is 75.6 Å². The Labute approximate surface area is 131 Å². The van der Waals surface area contributed by atoms with Gasteiger partial charge in [0.25, 0.3) is 5.91 Å². The van der Waals surface area contributed by atoms with E-state index in [0.717, 1.165) is 17.3 Å². The summed E-state index contributed by atoms with van der Waals surface area (Å²) in [6.45, 7) is -0.107. The van der Waals surface area contributed by atoms with E-state index in [9.17, 15) is 9.59 Å². The highest BCUT2D eigenvalue weighted by atomic mass is 79.9. The second-order valence-electron chi connectivity index (χ2n) is 5.15. The van der Waals surface area contributed by atoms with Crippen molar-refractivity contribution in [2.24, 2.45) is 5.92 Å². The molecule has 0 radical (unpaired) electrons. The number of carboxylic acid groups (broad SMARTS) is 1. The standard InChI is InChI=1S/C15H18BrNO4/c16-10-5-7-11(8-6-10)21-9-14(18)17-13-4-2-1-3-12(13)15(19)20/h5-8,12-13H,1-4,9H2,(H,17,18)(H,19,20). The Kier molecular flexibility index (Phi) is 5.61. The van der Waals surface area contributed by atoms with Crippen molar-refractivity contribution >= 4 is 27.8 Å². The van der Waals surface area contributed by atoms with Crippen molar-refractivity contribution in [2.75, 3.05) is 6.61 Å². The maximum absolute atomic E-state index is 11.9. The maximum Gasteiger partial charge on any atom is 0.308 e. The lowest BCUT2D eigenvalue weighted by molar-refractivity contribution is -0.144. The van der Waals surface area contributed by atoms with Crippen molar-refractivity contribution < 1.29 is 19.4 Å². The molecule has 2 N–H and O–H groups in total. The van der Waals surface area contributed by atoms with Crippen LogP contribution < -0.4 is 10.1 Å². The van der Waals surface area contributed by atoms with Crippen LogP contribution in [0.3, 0.4) is 0 Å². The molecule has 0 heterocycles. The first kappa shape index (κ1) is 15.8. The molecule has 114 valence electrons. The molecule has 2 rings (SSSR count). The van der Waals surface area contributed by atoms with Crippen molar-refractivity contribution in [2.45, 2.75) is 31.7 Å². The predicted octanol–water partition coefficient (Wildman–Crippen LogP) is 2.59. The second-order valence-corrected chi connectivity index (χ2v) is 6.06. The monoisotopic (exact) mass is 355 g/mol. The van der Waals surface area contributed by atoms with Crippen LogP contribution in [0.5, 0.6) is 5.75 Å². The van der Waals surface area contributed by atoms with Gasteiger partial charge in [-0.2, -0.15) is 0 Å². The predicted molar refractivity (Wildman–Crippen MR) is 81.2 cm³/mol. The van der Waals surface area contributed by atoms with E-state index in [0.29, 0.717) is 18.6 Å². The number of halogens is 1. The third-order valence-electron chi connectivity index (χ3n) is 3.61. The molecule has 0 aliphatic heterocycles. The van der Waals surface area contributed by atoms with E-state index in [1.54, 1.807) is 12.1 Å². The smallest absolute Gasteiger partial charge is 0.308 e. The third-order valence-corrected chi connectivity index (χ3v) is 4.14. The van der Waals surface area contributed by atoms with Crippen LogP contribution in [0.15, 0.2) is 28.7 Å². The van der Waals surface area contributed by atoms with E-state index in [1.807, 2.05) is 12.1 Å². The molecule has 2 unspecified atom stereocenters. The van der Waals surface area contributed by atoms with Gasteiger partial charge in [0.05, 0.1) is 5.92 Å². The number of ether oxygens (including phenoxy) is 1. The van der Waals surface area contributed by atoms with Crippen LogP contribution in [-0.4, -0.2) is 29.6 Å². The summed E-state index contributed by atoms with van der Waals surface area (Å²) in [5.74, 6) is -1.01. The number of carbonyl (C=O) groups excluding carboxylic acids is 1. The highest BCUT2D eigenvalue weighted by molar-refractivity contribution is 9.10. The fourth-order valence-corrected chi connectivity index (χ4v) is 2.79. The van der Waals surface area contributed by atoms with Gasteiger partial charge in [-0.25, -0.2) is 0 Å². The molecule has 1 fully saturated rings. The number of benzene rings is 1. The van der Waals surface area contributed by atoms with Gasteiger partial charge in [-0.05, 0) is 37.1 Å². The van der Waals surface area contributed by atoms with Crippen LogP contribution in [0.1, 0.15) is 25.7 Å². The van der Waals surface area contributed by atoms with Crippen molar-refractivity contribution in [1.29, 1.82) is 0 Å². The van der Waals surface area contributed by atoms with Gasteiger partial charge in [0.15, 0.2) is 6.61 Å². The van der Waals surface area contributed by atoms with E-state index >= 15 is 0 Å². The summed E-state index contributed by atoms with van der Waals surface area (Å²) in [5.41, 5.74) is 0. The molecule has 0 bridgehead atoms. The number of hydrogen-bond donors (Lipinski definition) is 2. The maximum atomic E-state index is 11.9. The number of carbonyl (C=O) groups is 2. The zero-order valence-electron chi connectivity index (χ0n) is 11.5. The molecule has 1 saturated carbocycles. The Balaban J connectivity index is 1.83. The molecule has 6 heteroatoms. The van der Waals surface area contributed by atoms with Crippen LogP contribution in [-0.2, 0) is 9.59 Å². The molecule has 0 aromatic heterocycles. The number of nitrogens with one attached hydrogen (secondary N) is 1. The zero-order chi connectivity index (χ0) is 15.2. The SMILES string of the molecule is O=C(COc1ccc(Br)cc1)NC1CCCCC1C(=O)O. The quantitative estimate of drug-likeness (QED) is 0.850. The van der Waals surface area contributed by atoms with E-state index < -0.39 is 11.9 Å². The molecular formula is C15H18BrNO4. The Morgan fingerprint density at radius 2 is 1.90 bits per heavy atom. The van der Waals surface area contributed by atoms with Crippen LogP contribution >= 0.6 is 15.9 Å². The number of rotatable bonds is 5. The Hall–Kier alpha value is -1.56. The summed E-state index contributed by atoms with van der Waals surface area (Å²) in [6, 6.07) is 6.89. The number of amides is 1. The summed E-state index contributed by atoms with van der Waals surface area (Å²) in [4.78, 5) is 23.1. The number of carboxylic acids is 1. The summed E-state index contributed by atoms with van der Waals surface area (Å²) >= 11 is 3.32. The van der Waals surface area contributed by atoms with E-state index in [2.05, 4.69) is 21.2 Å². The summed E-state index contributed by atoms with van der Waals surface area (Å²) in [7, 11) is 0. The van der Waals surface area contributed by atoms with Gasteiger partial charge in [0.2, 0.25) is 0 Å². The lowest BCUT2D eigenvalue weighted by Gasteiger charge is -2.29. The van der Waals surface area contributed by atoms with Crippen LogP contribution in [0.4, 0.5) is 0 Å². The van der Waals surface area contributed by atoms with Crippen molar-refractivity contribution in [3.8, 4) is 5.75 Å². The highest BCUT2D eigenvalue weighted by Gasteiger charge is 2.31. The molecule has 5 nitrogen and oxygen atoms in total. The highest BCUT2D eigenvalue weighted by Crippen LogP contribution is 2.24. The fraction of sp³-hybridized carbons (Fsp3) is 0.467. The molecule has 0 saturated heterocycles. The lowest BCUT2D eigenvalue weighted by Crippen LogP contribution is -2.46. The van der Waals surface area contributed by atoms with E-state index in [1.165, 1.54) is 0 Å². The average molecular weight is 356 g/mol. The number of aliphatic carboxylic acids is 1. The Bertz CT molecular complexity index is 503. The molecule has 2 atom stereocenters. The summed E-state index contributed by atoms with van der Waals surface area (Å²) < 4.78 is 6.32. The van der Waals surface area contributed by atoms with Crippen LogP contribution in [0.2, 0.25) is 0 Å². The minimum absolute atomic E-state index is 0.107. The summed E-state index contributed by atoms with van der Waals surface area (Å²) in [6.07, 6.45) is 3.18. The molecule has 1 amide bonds. The molecule has 1 aromatic rings.